The molecule has 4 N–H and O–H groups in total. The maximum Gasteiger partial charge on any atom is 0.259 e. The third-order valence-electron chi connectivity index (χ3n) is 3.15. The van der Waals surface area contributed by atoms with Gasteiger partial charge in [-0.2, -0.15) is 0 Å². The number of para-hydroxylation sites is 1. The largest absolute Gasteiger partial charge is 0.505 e. The van der Waals surface area contributed by atoms with Gasteiger partial charge in [0.1, 0.15) is 0 Å². The highest BCUT2D eigenvalue weighted by Crippen LogP contribution is 2.25. The molecule has 2 aromatic rings. The number of phenols is 1. The van der Waals surface area contributed by atoms with Gasteiger partial charge in [0, 0.05) is 5.69 Å². The predicted octanol–water partition coefficient (Wildman–Crippen LogP) is 3.35. The Balaban J connectivity index is 2.17. The minimum atomic E-state index is -0.382. The molecule has 0 atom stereocenters. The zero-order chi connectivity index (χ0) is 14.7. The number of anilines is 2. The van der Waals surface area contributed by atoms with Crippen LogP contribution in [0.2, 0.25) is 0 Å². The standard InChI is InChI=1S/C16H18N2O2/c1-10(2)11-6-8-12(9-7-11)18-16(20)13-4-3-5-14(17)15(13)19/h3-10,19H,17H2,1-2H3,(H,18,20). The summed E-state index contributed by atoms with van der Waals surface area (Å²) >= 11 is 0. The third-order valence-corrected chi connectivity index (χ3v) is 3.15. The molecule has 2 rings (SSSR count). The van der Waals surface area contributed by atoms with Crippen molar-refractivity contribution in [1.82, 2.24) is 0 Å². The van der Waals surface area contributed by atoms with Gasteiger partial charge in [-0.3, -0.25) is 4.79 Å². The third kappa shape index (κ3) is 2.91. The second kappa shape index (κ2) is 5.65. The van der Waals surface area contributed by atoms with E-state index in [-0.39, 0.29) is 22.9 Å². The molecule has 0 saturated heterocycles. The molecule has 0 aliphatic carbocycles. The SMILES string of the molecule is CC(C)c1ccc(NC(=O)c2cccc(N)c2O)cc1. The number of hydrogen-bond donors (Lipinski definition) is 3. The van der Waals surface area contributed by atoms with Crippen molar-refractivity contribution in [3.05, 3.63) is 53.6 Å². The van der Waals surface area contributed by atoms with Crippen molar-refractivity contribution in [2.45, 2.75) is 19.8 Å². The number of nitrogens with one attached hydrogen (secondary N) is 1. The van der Waals surface area contributed by atoms with Crippen LogP contribution >= 0.6 is 0 Å². The fraction of sp³-hybridized carbons (Fsp3) is 0.188. The molecule has 2 aromatic carbocycles. The quantitative estimate of drug-likeness (QED) is 0.591. The number of phenolic OH excluding ortho intramolecular Hbond substituents is 1. The molecule has 0 bridgehead atoms. The molecule has 0 heterocycles. The number of carbonyl (C=O) groups excluding carboxylic acids is 1. The van der Waals surface area contributed by atoms with Gasteiger partial charge in [0.25, 0.3) is 5.91 Å². The number of amides is 1. The molecular weight excluding hydrogens is 252 g/mol. The summed E-state index contributed by atoms with van der Waals surface area (Å²) in [7, 11) is 0. The molecule has 0 spiro atoms. The zero-order valence-corrected chi connectivity index (χ0v) is 11.6. The first kappa shape index (κ1) is 13.9. The minimum absolute atomic E-state index is 0.165. The number of rotatable bonds is 3. The van der Waals surface area contributed by atoms with Crippen molar-refractivity contribution >= 4 is 17.3 Å². The summed E-state index contributed by atoms with van der Waals surface area (Å²) in [6.07, 6.45) is 0. The Morgan fingerprint density at radius 2 is 1.80 bits per heavy atom. The summed E-state index contributed by atoms with van der Waals surface area (Å²) in [5, 5.41) is 12.5. The van der Waals surface area contributed by atoms with Gasteiger partial charge in [-0.1, -0.05) is 32.0 Å². The van der Waals surface area contributed by atoms with E-state index in [1.165, 1.54) is 11.6 Å². The first-order chi connectivity index (χ1) is 9.49. The molecule has 20 heavy (non-hydrogen) atoms. The van der Waals surface area contributed by atoms with Gasteiger partial charge in [0.2, 0.25) is 0 Å². The van der Waals surface area contributed by atoms with Crippen molar-refractivity contribution in [2.75, 3.05) is 11.1 Å². The number of benzene rings is 2. The van der Waals surface area contributed by atoms with E-state index < -0.39 is 0 Å². The van der Waals surface area contributed by atoms with E-state index in [1.807, 2.05) is 24.3 Å². The van der Waals surface area contributed by atoms with Crippen molar-refractivity contribution in [2.24, 2.45) is 0 Å². The molecule has 0 fully saturated rings. The molecule has 0 radical (unpaired) electrons. The van der Waals surface area contributed by atoms with Crippen molar-refractivity contribution in [3.63, 3.8) is 0 Å². The van der Waals surface area contributed by atoms with Crippen LogP contribution in [0.4, 0.5) is 11.4 Å². The normalized spacial score (nSPS) is 10.6. The van der Waals surface area contributed by atoms with Gasteiger partial charge in [-0.15, -0.1) is 0 Å². The van der Waals surface area contributed by atoms with Crippen LogP contribution in [0.25, 0.3) is 0 Å². The van der Waals surface area contributed by atoms with Crippen LogP contribution in [-0.4, -0.2) is 11.0 Å². The Morgan fingerprint density at radius 3 is 2.40 bits per heavy atom. The number of hydrogen-bond acceptors (Lipinski definition) is 3. The lowest BCUT2D eigenvalue weighted by Gasteiger charge is -2.10. The number of carbonyl (C=O) groups is 1. The molecule has 0 saturated carbocycles. The fourth-order valence-electron chi connectivity index (χ4n) is 1.89. The number of nitrogen functional groups attached to an aromatic ring is 1. The monoisotopic (exact) mass is 270 g/mol. The molecule has 0 unspecified atom stereocenters. The van der Waals surface area contributed by atoms with Crippen molar-refractivity contribution < 1.29 is 9.90 Å². The highest BCUT2D eigenvalue weighted by molar-refractivity contribution is 6.07. The predicted molar refractivity (Wildman–Crippen MR) is 81.0 cm³/mol. The second-order valence-corrected chi connectivity index (χ2v) is 4.97. The summed E-state index contributed by atoms with van der Waals surface area (Å²) in [6, 6.07) is 12.3. The zero-order valence-electron chi connectivity index (χ0n) is 11.6. The Bertz CT molecular complexity index is 619. The second-order valence-electron chi connectivity index (χ2n) is 4.97. The lowest BCUT2D eigenvalue weighted by molar-refractivity contribution is 0.102. The highest BCUT2D eigenvalue weighted by Gasteiger charge is 2.13. The molecule has 4 heteroatoms. The Morgan fingerprint density at radius 1 is 1.15 bits per heavy atom. The molecule has 0 aromatic heterocycles. The van der Waals surface area contributed by atoms with Gasteiger partial charge < -0.3 is 16.2 Å². The smallest absolute Gasteiger partial charge is 0.259 e. The lowest BCUT2D eigenvalue weighted by Crippen LogP contribution is -2.12. The Labute approximate surface area is 118 Å². The molecule has 0 aliphatic heterocycles. The Kier molecular flexibility index (Phi) is 3.94. The first-order valence-electron chi connectivity index (χ1n) is 6.48. The van der Waals surface area contributed by atoms with E-state index in [9.17, 15) is 9.90 Å². The van der Waals surface area contributed by atoms with Gasteiger partial charge in [-0.25, -0.2) is 0 Å². The van der Waals surface area contributed by atoms with E-state index >= 15 is 0 Å². The van der Waals surface area contributed by atoms with Crippen molar-refractivity contribution in [1.29, 1.82) is 0 Å². The lowest BCUT2D eigenvalue weighted by atomic mass is 10.0. The summed E-state index contributed by atoms with van der Waals surface area (Å²) in [4.78, 5) is 12.1. The van der Waals surface area contributed by atoms with E-state index in [1.54, 1.807) is 12.1 Å². The van der Waals surface area contributed by atoms with Crippen LogP contribution in [0.1, 0.15) is 35.7 Å². The summed E-state index contributed by atoms with van der Waals surface area (Å²) in [5.41, 5.74) is 7.81. The molecule has 4 nitrogen and oxygen atoms in total. The maximum absolute atomic E-state index is 12.1. The van der Waals surface area contributed by atoms with Crippen LogP contribution in [-0.2, 0) is 0 Å². The van der Waals surface area contributed by atoms with Crippen molar-refractivity contribution in [3.8, 4) is 5.75 Å². The van der Waals surface area contributed by atoms with Crippen LogP contribution in [0.5, 0.6) is 5.75 Å². The average Bonchev–Trinajstić information content (AvgIpc) is 2.42. The fourth-order valence-corrected chi connectivity index (χ4v) is 1.89. The highest BCUT2D eigenvalue weighted by atomic mass is 16.3. The molecule has 1 amide bonds. The van der Waals surface area contributed by atoms with Gasteiger partial charge in [0.05, 0.1) is 11.3 Å². The average molecular weight is 270 g/mol. The van der Waals surface area contributed by atoms with E-state index in [4.69, 9.17) is 5.73 Å². The Hall–Kier alpha value is -2.49. The summed E-state index contributed by atoms with van der Waals surface area (Å²) in [5.74, 6) is -0.131. The summed E-state index contributed by atoms with van der Waals surface area (Å²) < 4.78 is 0. The van der Waals surface area contributed by atoms with Crippen LogP contribution in [0.3, 0.4) is 0 Å². The van der Waals surface area contributed by atoms with Crippen LogP contribution < -0.4 is 11.1 Å². The van der Waals surface area contributed by atoms with Crippen LogP contribution in [0.15, 0.2) is 42.5 Å². The molecule has 104 valence electrons. The number of nitrogens with two attached hydrogens (primary N) is 1. The van der Waals surface area contributed by atoms with Gasteiger partial charge >= 0.3 is 0 Å². The summed E-state index contributed by atoms with van der Waals surface area (Å²) in [6.45, 7) is 4.22. The van der Waals surface area contributed by atoms with E-state index in [0.29, 0.717) is 11.6 Å². The van der Waals surface area contributed by atoms with E-state index in [0.717, 1.165) is 0 Å². The number of aromatic hydroxyl groups is 1. The maximum atomic E-state index is 12.1. The first-order valence-corrected chi connectivity index (χ1v) is 6.48. The molecule has 0 aliphatic rings. The van der Waals surface area contributed by atoms with Gasteiger partial charge in [0.15, 0.2) is 5.75 Å². The van der Waals surface area contributed by atoms with Gasteiger partial charge in [-0.05, 0) is 35.7 Å². The molecular formula is C16H18N2O2. The van der Waals surface area contributed by atoms with Crippen LogP contribution in [0, 0.1) is 0 Å². The minimum Gasteiger partial charge on any atom is -0.505 e. The van der Waals surface area contributed by atoms with E-state index in [2.05, 4.69) is 19.2 Å². The topological polar surface area (TPSA) is 75.4 Å².